The molecule has 0 aromatic carbocycles. The number of nitrogen functional groups attached to an aromatic ring is 2. The Bertz CT molecular complexity index is 3810. The average molecular weight is 1190 g/mol. The number of ether oxygens (including phenoxy) is 5. The van der Waals surface area contributed by atoms with E-state index in [1.165, 1.54) is 29.3 Å². The minimum atomic E-state index is -5.66. The van der Waals surface area contributed by atoms with E-state index in [9.17, 15) is 72.1 Å². The number of phosphoric ester groups is 3. The molecule has 0 radical (unpaired) electrons. The van der Waals surface area contributed by atoms with E-state index in [1.54, 1.807) is 0 Å². The maximum atomic E-state index is 13.5. The van der Waals surface area contributed by atoms with E-state index < -0.39 is 170 Å². The summed E-state index contributed by atoms with van der Waals surface area (Å²) in [4.78, 5) is 154. The lowest BCUT2D eigenvalue weighted by molar-refractivity contribution is -0.220. The molecular formula is C40H51N14O23P3. The molecule has 0 amide bonds. The summed E-state index contributed by atoms with van der Waals surface area (Å²) in [5.74, 6) is -0.350. The monoisotopic (exact) mass is 1190 g/mol. The predicted molar refractivity (Wildman–Crippen MR) is 263 cm³/mol. The number of rotatable bonds is 18. The molecule has 1 unspecified atom stereocenters. The molecule has 4 saturated heterocycles. The van der Waals surface area contributed by atoms with Crippen molar-refractivity contribution in [3.63, 3.8) is 0 Å². The maximum absolute atomic E-state index is 13.5. The molecule has 0 spiro atoms. The predicted octanol–water partition coefficient (Wildman–Crippen LogP) is -2.68. The number of H-pyrrole nitrogens is 3. The number of aliphatic hydroxyl groups excluding tert-OH is 1. The summed E-state index contributed by atoms with van der Waals surface area (Å²) in [6.45, 7) is 1.77. The van der Waals surface area contributed by atoms with Gasteiger partial charge in [-0.25, -0.2) is 43.2 Å². The van der Waals surface area contributed by atoms with Crippen molar-refractivity contribution in [1.82, 2.24) is 58.1 Å². The average Bonchev–Trinajstić information content (AvgIpc) is 4.29. The Kier molecular flexibility index (Phi) is 15.3. The van der Waals surface area contributed by atoms with Gasteiger partial charge in [-0.3, -0.25) is 61.2 Å². The number of nitrogens with zero attached hydrogens (tertiary/aromatic N) is 9. The Morgan fingerprint density at radius 2 is 1.10 bits per heavy atom. The third-order valence-electron chi connectivity index (χ3n) is 14.0. The molecule has 14 N–H and O–H groups in total. The molecule has 6 aromatic heterocycles. The first-order valence-corrected chi connectivity index (χ1v) is 28.6. The minimum Gasteiger partial charge on any atom is -0.390 e. The number of imidazole rings is 2. The quantitative estimate of drug-likeness (QED) is 0.0390. The van der Waals surface area contributed by atoms with Gasteiger partial charge < -0.3 is 69.6 Å². The van der Waals surface area contributed by atoms with Gasteiger partial charge in [-0.1, -0.05) is 0 Å². The Morgan fingerprint density at radius 3 is 1.71 bits per heavy atom. The Labute approximate surface area is 444 Å². The molecule has 37 nitrogen and oxygen atoms in total. The number of nitrogens with two attached hydrogens (primary N) is 2. The molecule has 0 aliphatic carbocycles. The molecule has 10 rings (SSSR count). The molecule has 0 saturated carbocycles. The van der Waals surface area contributed by atoms with E-state index in [0.29, 0.717) is 0 Å². The van der Waals surface area contributed by atoms with Crippen LogP contribution in [0.5, 0.6) is 0 Å². The van der Waals surface area contributed by atoms with Gasteiger partial charge in [-0.15, -0.1) is 0 Å². The second-order valence-corrected chi connectivity index (χ2v) is 23.0. The normalized spacial score (nSPS) is 28.4. The molecule has 4 aliphatic heterocycles. The van der Waals surface area contributed by atoms with Gasteiger partial charge in [0.05, 0.1) is 37.6 Å². The van der Waals surface area contributed by atoms with Crippen molar-refractivity contribution in [3.8, 4) is 0 Å². The van der Waals surface area contributed by atoms with Crippen molar-refractivity contribution in [3.05, 3.63) is 94.5 Å². The highest BCUT2D eigenvalue weighted by Crippen LogP contribution is 2.53. The van der Waals surface area contributed by atoms with Gasteiger partial charge in [0, 0.05) is 62.0 Å². The van der Waals surface area contributed by atoms with Gasteiger partial charge in [0.25, 0.3) is 16.7 Å². The van der Waals surface area contributed by atoms with Crippen LogP contribution in [-0.4, -0.2) is 154 Å². The summed E-state index contributed by atoms with van der Waals surface area (Å²) in [5, 5.41) is 12.1. The minimum absolute atomic E-state index is 0.00391. The lowest BCUT2D eigenvalue weighted by Gasteiger charge is -2.44. The zero-order valence-corrected chi connectivity index (χ0v) is 44.1. The molecule has 4 fully saturated rings. The van der Waals surface area contributed by atoms with Crippen molar-refractivity contribution in [1.29, 1.82) is 0 Å². The van der Waals surface area contributed by atoms with Gasteiger partial charge in [-0.2, -0.15) is 4.98 Å². The summed E-state index contributed by atoms with van der Waals surface area (Å²) in [6.07, 6.45) is -17.1. The van der Waals surface area contributed by atoms with Crippen molar-refractivity contribution in [2.24, 2.45) is 0 Å². The fourth-order valence-electron chi connectivity index (χ4n) is 10.6. The van der Waals surface area contributed by atoms with Crippen LogP contribution in [0.15, 0.2) is 55.3 Å². The highest BCUT2D eigenvalue weighted by atomic mass is 31.2. The number of aliphatic hydroxyl groups is 1. The maximum Gasteiger partial charge on any atom is 0.469 e. The fraction of sp³-hybridized carbons (Fsp3) is 0.550. The number of aryl methyl sites for hydroxylation is 2. The molecule has 80 heavy (non-hydrogen) atoms. The third-order valence-corrected chi connectivity index (χ3v) is 15.6. The summed E-state index contributed by atoms with van der Waals surface area (Å²) >= 11 is 0. The van der Waals surface area contributed by atoms with Crippen LogP contribution in [0.3, 0.4) is 0 Å². The van der Waals surface area contributed by atoms with E-state index in [2.05, 4.69) is 39.9 Å². The topological polar surface area (TPSA) is 536 Å². The third kappa shape index (κ3) is 11.8. The number of hydrogen-bond acceptors (Lipinski definition) is 24. The van der Waals surface area contributed by atoms with Crippen molar-refractivity contribution in [2.75, 3.05) is 18.1 Å². The lowest BCUT2D eigenvalue weighted by atomic mass is 9.80. The Balaban J connectivity index is 1.13. The number of fused-ring (bicyclic) bond motifs is 2. The molecule has 40 heteroatoms. The second-order valence-electron chi connectivity index (χ2n) is 19.4. The van der Waals surface area contributed by atoms with Gasteiger partial charge >= 0.3 is 34.8 Å². The van der Waals surface area contributed by atoms with Crippen LogP contribution >= 0.6 is 23.5 Å². The lowest BCUT2D eigenvalue weighted by Crippen LogP contribution is -2.56. The zero-order chi connectivity index (χ0) is 57.5. The van der Waals surface area contributed by atoms with E-state index >= 15 is 0 Å². The molecule has 0 bridgehead atoms. The first-order valence-electron chi connectivity index (χ1n) is 24.0. The summed E-state index contributed by atoms with van der Waals surface area (Å²) in [7, 11) is -16.7. The summed E-state index contributed by atoms with van der Waals surface area (Å²) in [5.41, 5.74) is 4.86. The molecule has 10 heterocycles. The first kappa shape index (κ1) is 57.2. The number of aromatic amines is 3. The Hall–Kier alpha value is -6.05. The molecular weight excluding hydrogens is 1140 g/mol. The van der Waals surface area contributed by atoms with Crippen LogP contribution in [-0.2, 0) is 51.0 Å². The number of nitrogens with one attached hydrogen (secondary N) is 3. The van der Waals surface area contributed by atoms with E-state index in [0.717, 1.165) is 34.2 Å². The smallest absolute Gasteiger partial charge is 0.390 e. The van der Waals surface area contributed by atoms with Crippen LogP contribution in [0.25, 0.3) is 22.3 Å². The van der Waals surface area contributed by atoms with E-state index in [-0.39, 0.29) is 51.6 Å². The zero-order valence-electron chi connectivity index (χ0n) is 41.4. The van der Waals surface area contributed by atoms with E-state index in [1.807, 2.05) is 0 Å². The second kappa shape index (κ2) is 21.4. The SMILES string of the molecule is Cc1cn([C@H]2C[C@H](OP(=O)(O)O)[C@H](CC(C[C@H]3O[C@@H](n4cnc5c(N)ncnc54)C[C@@H]3O)(OC[C@H]3O[C@@H](n4cnc5c(=O)[nH]c(N)nc54)C[C@@H]3OP(=O)(O)O)[C@H]3O[C@@H](n4cc(C)c(=O)[nH]c4=O)C[C@@H]3OP(=O)(O)O)O2)c(=O)[nH]c1=O. The number of aromatic nitrogens is 12. The summed E-state index contributed by atoms with van der Waals surface area (Å²) in [6, 6.07) is 0. The fourth-order valence-corrected chi connectivity index (χ4v) is 12.2. The highest BCUT2D eigenvalue weighted by molar-refractivity contribution is 7.46. The van der Waals surface area contributed by atoms with Gasteiger partial charge in [0.15, 0.2) is 22.6 Å². The highest BCUT2D eigenvalue weighted by Gasteiger charge is 2.59. The number of phosphoric acid groups is 3. The van der Waals surface area contributed by atoms with Crippen LogP contribution in [0.1, 0.15) is 74.6 Å². The number of hydrogen-bond donors (Lipinski definition) is 12. The first-order chi connectivity index (χ1) is 37.5. The van der Waals surface area contributed by atoms with Crippen LogP contribution in [0.4, 0.5) is 11.8 Å². The molecule has 6 aromatic rings. The van der Waals surface area contributed by atoms with Gasteiger partial charge in [0.2, 0.25) is 5.95 Å². The van der Waals surface area contributed by atoms with Gasteiger partial charge in [-0.05, 0) is 13.8 Å². The molecule has 13 atom stereocenters. The largest absolute Gasteiger partial charge is 0.469 e. The molecule has 434 valence electrons. The number of anilines is 2. The Morgan fingerprint density at radius 1 is 0.613 bits per heavy atom. The van der Waals surface area contributed by atoms with Crippen LogP contribution < -0.4 is 39.5 Å². The van der Waals surface area contributed by atoms with E-state index in [4.69, 9.17) is 48.7 Å². The summed E-state index contributed by atoms with van der Waals surface area (Å²) < 4.78 is 91.7. The van der Waals surface area contributed by atoms with Crippen LogP contribution in [0.2, 0.25) is 0 Å². The standard InChI is InChI=1S/C40H51N14O23P3/c1-15-9-51(38(59)49-34(15)56)25-4-18(75-78(61,62)63)22(72-25)8-40(7-21-17(55)3-24(71-21)53-13-45-28-31(41)43-12-44-32(28)53,30-20(77-80(67,68)69)6-26(74-30)52-10-16(2)35(57)50-39(52)60)70-11-23-19(76-79(64,65)66)5-27(73-23)54-14-46-29-33(54)47-37(42)48-36(29)58/h9-10,12-14,17-27,30,55H,3-8,11H2,1-2H3,(H2,41,43,44)(H,49,56,59)(H,50,57,60)(H2,61,62,63)(H2,64,65,66)(H2,67,68,69)(H3,42,47,48,58)/t17-,18-,19-,20-,21+,22-,23+,24+,25+,26+,27+,30-,40?/m0/s1. The van der Waals surface area contributed by atoms with Crippen molar-refractivity contribution in [2.45, 2.75) is 132 Å². The van der Waals surface area contributed by atoms with Gasteiger partial charge in [0.1, 0.15) is 72.9 Å². The molecule has 4 aliphatic rings. The van der Waals surface area contributed by atoms with Crippen LogP contribution in [0, 0.1) is 13.8 Å². The van der Waals surface area contributed by atoms with Crippen molar-refractivity contribution >= 4 is 57.6 Å². The van der Waals surface area contributed by atoms with Crippen molar-refractivity contribution < 1.29 is 85.4 Å².